The molecule has 3 aliphatic rings. The fourth-order valence-corrected chi connectivity index (χ4v) is 4.24. The summed E-state index contributed by atoms with van der Waals surface area (Å²) in [7, 11) is 0. The van der Waals surface area contributed by atoms with Crippen molar-refractivity contribution in [2.75, 3.05) is 11.7 Å². The lowest BCUT2D eigenvalue weighted by atomic mass is 9.92. The zero-order valence-electron chi connectivity index (χ0n) is 15.4. The van der Waals surface area contributed by atoms with Gasteiger partial charge in [-0.2, -0.15) is 0 Å². The number of aromatic nitrogens is 1. The van der Waals surface area contributed by atoms with Gasteiger partial charge in [0.15, 0.2) is 11.5 Å². The number of hydrogen-bond acceptors (Lipinski definition) is 4. The molecule has 0 spiro atoms. The molecule has 1 amide bonds. The van der Waals surface area contributed by atoms with Crippen molar-refractivity contribution in [3.05, 3.63) is 65.7 Å². The number of hydrogen-bond donors (Lipinski definition) is 0. The van der Waals surface area contributed by atoms with E-state index in [2.05, 4.69) is 18.2 Å². The third-order valence-electron chi connectivity index (χ3n) is 5.92. The highest BCUT2D eigenvalue weighted by atomic mass is 16.7. The predicted molar refractivity (Wildman–Crippen MR) is 105 cm³/mol. The van der Waals surface area contributed by atoms with Gasteiger partial charge in [0.05, 0.1) is 16.8 Å². The summed E-state index contributed by atoms with van der Waals surface area (Å²) in [5.41, 5.74) is 4.39. The fraction of sp³-hybridized carbons (Fsp3) is 0.217. The van der Waals surface area contributed by atoms with E-state index in [4.69, 9.17) is 14.5 Å². The summed E-state index contributed by atoms with van der Waals surface area (Å²) in [5.74, 6) is 2.21. The van der Waals surface area contributed by atoms with Crippen LogP contribution in [0.3, 0.4) is 0 Å². The lowest BCUT2D eigenvalue weighted by Crippen LogP contribution is -2.38. The molecule has 2 aliphatic heterocycles. The Labute approximate surface area is 162 Å². The standard InChI is InChI=1S/C23H18N2O3/c1-14-5-7-16-17-3-2-4-21(24-17)25(18(16)11-14)22(26)23(9-10-23)15-6-8-19-20(12-15)28-13-27-19/h2-8,11-12H,9-10,13H2,1H3. The summed E-state index contributed by atoms with van der Waals surface area (Å²) >= 11 is 0. The van der Waals surface area contributed by atoms with E-state index in [-0.39, 0.29) is 12.7 Å². The van der Waals surface area contributed by atoms with Gasteiger partial charge in [-0.3, -0.25) is 9.69 Å². The molecular formula is C23H18N2O3. The minimum atomic E-state index is -0.531. The van der Waals surface area contributed by atoms with Gasteiger partial charge in [-0.25, -0.2) is 4.98 Å². The van der Waals surface area contributed by atoms with Gasteiger partial charge < -0.3 is 9.47 Å². The van der Waals surface area contributed by atoms with E-state index in [9.17, 15) is 4.79 Å². The fourth-order valence-electron chi connectivity index (χ4n) is 4.24. The number of pyridine rings is 1. The highest BCUT2D eigenvalue weighted by molar-refractivity contribution is 6.11. The topological polar surface area (TPSA) is 51.7 Å². The summed E-state index contributed by atoms with van der Waals surface area (Å²) < 4.78 is 11.0. The van der Waals surface area contributed by atoms with Crippen LogP contribution in [0.25, 0.3) is 11.3 Å². The van der Waals surface area contributed by atoms with Crippen LogP contribution in [0.2, 0.25) is 0 Å². The molecule has 2 aromatic carbocycles. The van der Waals surface area contributed by atoms with Crippen molar-refractivity contribution < 1.29 is 14.3 Å². The number of carbonyl (C=O) groups excluding carboxylic acids is 1. The Balaban J connectivity index is 1.48. The lowest BCUT2D eigenvalue weighted by molar-refractivity contribution is -0.120. The quantitative estimate of drug-likeness (QED) is 0.667. The van der Waals surface area contributed by atoms with Crippen LogP contribution in [0.5, 0.6) is 11.5 Å². The van der Waals surface area contributed by atoms with Crippen molar-refractivity contribution >= 4 is 17.4 Å². The van der Waals surface area contributed by atoms with Crippen LogP contribution in [-0.4, -0.2) is 17.7 Å². The van der Waals surface area contributed by atoms with Crippen LogP contribution in [-0.2, 0) is 10.2 Å². The maximum atomic E-state index is 13.9. The molecule has 0 unspecified atom stereocenters. The maximum Gasteiger partial charge on any atom is 0.243 e. The SMILES string of the molecule is Cc1ccc2c(c1)N(C(=O)C1(c3ccc4c(c3)OCO4)CC1)c1cccc-2n1. The lowest BCUT2D eigenvalue weighted by Gasteiger charge is -2.32. The van der Waals surface area contributed by atoms with Gasteiger partial charge in [-0.05, 0) is 61.2 Å². The first-order valence-electron chi connectivity index (χ1n) is 9.48. The van der Waals surface area contributed by atoms with Gasteiger partial charge in [0.25, 0.3) is 0 Å². The largest absolute Gasteiger partial charge is 0.454 e. The van der Waals surface area contributed by atoms with Crippen LogP contribution < -0.4 is 14.4 Å². The van der Waals surface area contributed by atoms with Crippen molar-refractivity contribution in [3.63, 3.8) is 0 Å². The molecule has 5 heteroatoms. The number of nitrogens with zero attached hydrogens (tertiary/aromatic N) is 2. The van der Waals surface area contributed by atoms with Gasteiger partial charge in [-0.15, -0.1) is 0 Å². The second-order valence-corrected chi connectivity index (χ2v) is 7.69. The molecule has 2 bridgehead atoms. The smallest absolute Gasteiger partial charge is 0.243 e. The molecule has 0 saturated heterocycles. The zero-order chi connectivity index (χ0) is 18.9. The van der Waals surface area contributed by atoms with Gasteiger partial charge in [0, 0.05) is 5.56 Å². The van der Waals surface area contributed by atoms with Gasteiger partial charge in [0.1, 0.15) is 5.82 Å². The number of benzene rings is 2. The molecule has 1 aromatic heterocycles. The summed E-state index contributed by atoms with van der Waals surface area (Å²) in [4.78, 5) is 20.4. The first kappa shape index (κ1) is 15.7. The number of fused-ring (bicyclic) bond motifs is 5. The molecule has 0 atom stereocenters. The van der Waals surface area contributed by atoms with E-state index in [0.29, 0.717) is 11.6 Å². The van der Waals surface area contributed by atoms with Crippen molar-refractivity contribution in [1.29, 1.82) is 0 Å². The summed E-state index contributed by atoms with van der Waals surface area (Å²) in [6.07, 6.45) is 1.64. The Morgan fingerprint density at radius 3 is 2.75 bits per heavy atom. The second kappa shape index (κ2) is 5.35. The number of carbonyl (C=O) groups is 1. The van der Waals surface area contributed by atoms with Crippen molar-refractivity contribution in [1.82, 2.24) is 4.98 Å². The van der Waals surface area contributed by atoms with E-state index in [1.54, 1.807) is 4.90 Å². The first-order valence-corrected chi connectivity index (χ1v) is 9.48. The van der Waals surface area contributed by atoms with E-state index in [1.807, 2.05) is 43.3 Å². The Bertz CT molecular complexity index is 1150. The zero-order valence-corrected chi connectivity index (χ0v) is 15.4. The first-order chi connectivity index (χ1) is 13.7. The number of anilines is 2. The molecule has 0 N–H and O–H groups in total. The van der Waals surface area contributed by atoms with Crippen LogP contribution in [0.15, 0.2) is 54.6 Å². The van der Waals surface area contributed by atoms with E-state index in [1.165, 1.54) is 0 Å². The van der Waals surface area contributed by atoms with Gasteiger partial charge in [0.2, 0.25) is 12.7 Å². The second-order valence-electron chi connectivity index (χ2n) is 7.69. The molecule has 138 valence electrons. The molecule has 5 nitrogen and oxygen atoms in total. The third kappa shape index (κ3) is 2.07. The Hall–Kier alpha value is -3.34. The molecule has 1 aliphatic carbocycles. The van der Waals surface area contributed by atoms with E-state index < -0.39 is 5.41 Å². The Morgan fingerprint density at radius 2 is 1.89 bits per heavy atom. The highest BCUT2D eigenvalue weighted by Crippen LogP contribution is 2.54. The highest BCUT2D eigenvalue weighted by Gasteiger charge is 2.54. The summed E-state index contributed by atoms with van der Waals surface area (Å²) in [6.45, 7) is 2.28. The number of aryl methyl sites for hydroxylation is 1. The van der Waals surface area contributed by atoms with Crippen LogP contribution in [0.4, 0.5) is 11.5 Å². The number of amides is 1. The van der Waals surface area contributed by atoms with E-state index >= 15 is 0 Å². The van der Waals surface area contributed by atoms with Crippen LogP contribution in [0.1, 0.15) is 24.0 Å². The average molecular weight is 370 g/mol. The van der Waals surface area contributed by atoms with Gasteiger partial charge in [-0.1, -0.05) is 24.3 Å². The van der Waals surface area contributed by atoms with Gasteiger partial charge >= 0.3 is 0 Å². The maximum absolute atomic E-state index is 13.9. The normalized spacial score (nSPS) is 17.2. The molecule has 1 saturated carbocycles. The minimum Gasteiger partial charge on any atom is -0.454 e. The van der Waals surface area contributed by atoms with Crippen LogP contribution >= 0.6 is 0 Å². The van der Waals surface area contributed by atoms with E-state index in [0.717, 1.165) is 46.7 Å². The summed E-state index contributed by atoms with van der Waals surface area (Å²) in [6, 6.07) is 17.9. The minimum absolute atomic E-state index is 0.0718. The molecule has 1 fully saturated rings. The molecule has 28 heavy (non-hydrogen) atoms. The van der Waals surface area contributed by atoms with Crippen molar-refractivity contribution in [2.24, 2.45) is 0 Å². The monoisotopic (exact) mass is 370 g/mol. The number of rotatable bonds is 2. The summed E-state index contributed by atoms with van der Waals surface area (Å²) in [5, 5.41) is 0. The third-order valence-corrected chi connectivity index (χ3v) is 5.92. The van der Waals surface area contributed by atoms with Crippen molar-refractivity contribution in [2.45, 2.75) is 25.2 Å². The Kier molecular flexibility index (Phi) is 3.00. The molecule has 3 heterocycles. The van der Waals surface area contributed by atoms with Crippen molar-refractivity contribution in [3.8, 4) is 22.8 Å². The number of ether oxygens (including phenoxy) is 2. The molecule has 0 radical (unpaired) electrons. The molecule has 3 aromatic rings. The average Bonchev–Trinajstić information content (AvgIpc) is 3.39. The Morgan fingerprint density at radius 1 is 1.04 bits per heavy atom. The molecular weight excluding hydrogens is 352 g/mol. The molecule has 6 rings (SSSR count). The predicted octanol–water partition coefficient (Wildman–Crippen LogP) is 4.50. The van der Waals surface area contributed by atoms with Crippen LogP contribution in [0, 0.1) is 6.92 Å².